The fourth-order valence-corrected chi connectivity index (χ4v) is 3.25. The topological polar surface area (TPSA) is 114 Å². The van der Waals surface area contributed by atoms with Gasteiger partial charge in [-0.25, -0.2) is 14.3 Å². The molecule has 9 heteroatoms. The molecule has 1 N–H and O–H groups in total. The Morgan fingerprint density at radius 1 is 1.37 bits per heavy atom. The van der Waals surface area contributed by atoms with Gasteiger partial charge in [-0.1, -0.05) is 6.92 Å². The highest BCUT2D eigenvalue weighted by Crippen LogP contribution is 2.47. The lowest BCUT2D eigenvalue weighted by atomic mass is 10.1. The van der Waals surface area contributed by atoms with Gasteiger partial charge in [0.25, 0.3) is 0 Å². The summed E-state index contributed by atoms with van der Waals surface area (Å²) in [5.74, 6) is 1.19. The van der Waals surface area contributed by atoms with E-state index in [-0.39, 0.29) is 12.0 Å². The van der Waals surface area contributed by atoms with Crippen LogP contribution in [0.15, 0.2) is 30.6 Å². The first kappa shape index (κ1) is 19.6. The van der Waals surface area contributed by atoms with E-state index in [1.165, 1.54) is 6.20 Å². The molecule has 30 heavy (non-hydrogen) atoms. The Morgan fingerprint density at radius 2 is 2.20 bits per heavy atom. The number of hydrogen-bond donors (Lipinski definition) is 1. The molecular weight excluding hydrogens is 384 g/mol. The van der Waals surface area contributed by atoms with E-state index < -0.39 is 6.09 Å². The van der Waals surface area contributed by atoms with Crippen molar-refractivity contribution in [3.05, 3.63) is 42.0 Å². The highest BCUT2D eigenvalue weighted by atomic mass is 16.5. The van der Waals surface area contributed by atoms with E-state index in [1.54, 1.807) is 23.9 Å². The number of fused-ring (bicyclic) bond motifs is 1. The summed E-state index contributed by atoms with van der Waals surface area (Å²) in [6, 6.07) is 7.53. The number of nitrogens with zero attached hydrogens (tertiary/aromatic N) is 5. The number of methoxy groups -OCH3 is 1. The van der Waals surface area contributed by atoms with Crippen LogP contribution >= 0.6 is 0 Å². The summed E-state index contributed by atoms with van der Waals surface area (Å²) in [6.07, 6.45) is 5.29. The molecule has 3 heterocycles. The molecule has 3 aromatic rings. The minimum absolute atomic E-state index is 0.225. The van der Waals surface area contributed by atoms with Crippen LogP contribution in [-0.2, 0) is 10.2 Å². The second-order valence-electron chi connectivity index (χ2n) is 7.32. The van der Waals surface area contributed by atoms with Crippen LogP contribution in [0.2, 0.25) is 0 Å². The number of nitriles is 1. The maximum Gasteiger partial charge on any atom is 0.407 e. The zero-order chi connectivity index (χ0) is 21.1. The lowest BCUT2D eigenvalue weighted by Gasteiger charge is -2.12. The van der Waals surface area contributed by atoms with Crippen molar-refractivity contribution in [2.24, 2.45) is 0 Å². The third kappa shape index (κ3) is 3.64. The molecule has 3 aromatic heterocycles. The third-order valence-electron chi connectivity index (χ3n) is 5.16. The van der Waals surface area contributed by atoms with Gasteiger partial charge in [0.15, 0.2) is 17.2 Å². The lowest BCUT2D eigenvalue weighted by Crippen LogP contribution is -2.29. The quantitative estimate of drug-likeness (QED) is 0.641. The smallest absolute Gasteiger partial charge is 0.407 e. The van der Waals surface area contributed by atoms with Crippen LogP contribution < -0.4 is 10.1 Å². The number of ether oxygens (including phenoxy) is 2. The van der Waals surface area contributed by atoms with Gasteiger partial charge in [0.2, 0.25) is 0 Å². The van der Waals surface area contributed by atoms with Crippen LogP contribution in [0.25, 0.3) is 16.9 Å². The van der Waals surface area contributed by atoms with E-state index in [4.69, 9.17) is 19.6 Å². The molecule has 0 radical (unpaired) electrons. The Bertz CT molecular complexity index is 1130. The Labute approximate surface area is 173 Å². The van der Waals surface area contributed by atoms with Gasteiger partial charge in [0.05, 0.1) is 23.8 Å². The normalized spacial score (nSPS) is 14.2. The van der Waals surface area contributed by atoms with E-state index in [0.29, 0.717) is 29.3 Å². The molecule has 9 nitrogen and oxygen atoms in total. The fraction of sp³-hybridized carbons (Fsp3) is 0.381. The van der Waals surface area contributed by atoms with Crippen molar-refractivity contribution in [3.63, 3.8) is 0 Å². The van der Waals surface area contributed by atoms with Crippen LogP contribution in [0.4, 0.5) is 4.79 Å². The third-order valence-corrected chi connectivity index (χ3v) is 5.16. The number of nitrogens with one attached hydrogen (secondary N) is 1. The number of carbonyl (C=O) groups is 1. The molecule has 0 bridgehead atoms. The molecule has 1 saturated carbocycles. The van der Waals surface area contributed by atoms with Crippen molar-refractivity contribution in [1.82, 2.24) is 24.9 Å². The molecule has 1 amide bonds. The van der Waals surface area contributed by atoms with E-state index in [0.717, 1.165) is 30.5 Å². The zero-order valence-corrected chi connectivity index (χ0v) is 16.9. The van der Waals surface area contributed by atoms with Gasteiger partial charge in [0, 0.05) is 24.5 Å². The summed E-state index contributed by atoms with van der Waals surface area (Å²) >= 11 is 0. The van der Waals surface area contributed by atoms with Gasteiger partial charge in [-0.05, 0) is 37.5 Å². The zero-order valence-electron chi connectivity index (χ0n) is 16.9. The van der Waals surface area contributed by atoms with Crippen molar-refractivity contribution < 1.29 is 14.3 Å². The van der Waals surface area contributed by atoms with Crippen molar-refractivity contribution >= 4 is 11.7 Å². The minimum atomic E-state index is -0.426. The molecule has 0 aromatic carbocycles. The molecule has 1 aliphatic rings. The lowest BCUT2D eigenvalue weighted by molar-refractivity contribution is 0.134. The van der Waals surface area contributed by atoms with Crippen LogP contribution in [-0.4, -0.2) is 45.9 Å². The molecule has 4 rings (SSSR count). The summed E-state index contributed by atoms with van der Waals surface area (Å²) in [6.45, 7) is 2.79. The largest absolute Gasteiger partial charge is 0.493 e. The first-order valence-electron chi connectivity index (χ1n) is 9.80. The SMILES string of the molecule is CCCNC(=O)OCC1(c2nc3c(OC)ccc(-c4cncc(C#N)c4)n3n2)CC1. The second kappa shape index (κ2) is 7.99. The maximum absolute atomic E-state index is 11.8. The average Bonchev–Trinajstić information content (AvgIpc) is 3.44. The van der Waals surface area contributed by atoms with Gasteiger partial charge >= 0.3 is 6.09 Å². The molecule has 154 valence electrons. The number of aromatic nitrogens is 4. The monoisotopic (exact) mass is 406 g/mol. The molecule has 1 aliphatic carbocycles. The first-order chi connectivity index (χ1) is 14.6. The molecule has 0 aliphatic heterocycles. The summed E-state index contributed by atoms with van der Waals surface area (Å²) in [4.78, 5) is 20.7. The van der Waals surface area contributed by atoms with Crippen LogP contribution in [0, 0.1) is 11.3 Å². The highest BCUT2D eigenvalue weighted by Gasteiger charge is 2.49. The van der Waals surface area contributed by atoms with E-state index in [9.17, 15) is 10.1 Å². The first-order valence-corrected chi connectivity index (χ1v) is 9.80. The number of pyridine rings is 2. The van der Waals surface area contributed by atoms with Gasteiger partial charge in [-0.3, -0.25) is 4.98 Å². The molecule has 0 spiro atoms. The van der Waals surface area contributed by atoms with Gasteiger partial charge in [0.1, 0.15) is 12.7 Å². The molecule has 0 atom stereocenters. The van der Waals surface area contributed by atoms with Crippen molar-refractivity contribution in [2.45, 2.75) is 31.6 Å². The predicted molar refractivity (Wildman–Crippen MR) is 108 cm³/mol. The summed E-state index contributed by atoms with van der Waals surface area (Å²) in [5.41, 5.74) is 2.13. The Morgan fingerprint density at radius 3 is 2.90 bits per heavy atom. The van der Waals surface area contributed by atoms with Crippen LogP contribution in [0.5, 0.6) is 5.75 Å². The number of amides is 1. The summed E-state index contributed by atoms with van der Waals surface area (Å²) in [5, 5.41) is 16.6. The van der Waals surface area contributed by atoms with Crippen LogP contribution in [0.3, 0.4) is 0 Å². The molecule has 0 saturated heterocycles. The Balaban J connectivity index is 1.69. The van der Waals surface area contributed by atoms with Gasteiger partial charge < -0.3 is 14.8 Å². The minimum Gasteiger partial charge on any atom is -0.493 e. The summed E-state index contributed by atoms with van der Waals surface area (Å²) in [7, 11) is 1.58. The summed E-state index contributed by atoms with van der Waals surface area (Å²) < 4.78 is 12.6. The average molecular weight is 406 g/mol. The standard InChI is InChI=1S/C21H22N6O3/c1-3-8-24-20(28)30-13-21(6-7-21)19-25-18-17(29-2)5-4-16(27(18)26-19)15-9-14(10-22)11-23-12-15/h4-5,9,11-12H,3,6-8,13H2,1-2H3,(H,24,28). The number of rotatable bonds is 7. The maximum atomic E-state index is 11.8. The second-order valence-corrected chi connectivity index (χ2v) is 7.32. The Kier molecular flexibility index (Phi) is 5.23. The highest BCUT2D eigenvalue weighted by molar-refractivity contribution is 5.68. The predicted octanol–water partition coefficient (Wildman–Crippen LogP) is 2.84. The molecular formula is C21H22N6O3. The Hall–Kier alpha value is -3.67. The van der Waals surface area contributed by atoms with Crippen LogP contribution in [0.1, 0.15) is 37.6 Å². The van der Waals surface area contributed by atoms with Crippen molar-refractivity contribution in [2.75, 3.05) is 20.3 Å². The van der Waals surface area contributed by atoms with E-state index >= 15 is 0 Å². The number of alkyl carbamates (subject to hydrolysis) is 1. The van der Waals surface area contributed by atoms with Gasteiger partial charge in [-0.2, -0.15) is 5.26 Å². The van der Waals surface area contributed by atoms with E-state index in [1.807, 2.05) is 19.1 Å². The van der Waals surface area contributed by atoms with Crippen molar-refractivity contribution in [1.29, 1.82) is 5.26 Å². The fourth-order valence-electron chi connectivity index (χ4n) is 3.25. The van der Waals surface area contributed by atoms with Gasteiger partial charge in [-0.15, -0.1) is 5.10 Å². The van der Waals surface area contributed by atoms with Crippen molar-refractivity contribution in [3.8, 4) is 23.1 Å². The number of hydrogen-bond acceptors (Lipinski definition) is 7. The molecule has 0 unspecified atom stereocenters. The molecule has 1 fully saturated rings. The number of carbonyl (C=O) groups excluding carboxylic acids is 1. The van der Waals surface area contributed by atoms with E-state index in [2.05, 4.69) is 16.4 Å².